The summed E-state index contributed by atoms with van der Waals surface area (Å²) in [6.45, 7) is 0.497. The highest BCUT2D eigenvalue weighted by atomic mass is 79.9. The van der Waals surface area contributed by atoms with Crippen molar-refractivity contribution in [1.29, 1.82) is 0 Å². The summed E-state index contributed by atoms with van der Waals surface area (Å²) in [6.07, 6.45) is 2.05. The van der Waals surface area contributed by atoms with E-state index < -0.39 is 5.97 Å². The molecule has 7 heteroatoms. The summed E-state index contributed by atoms with van der Waals surface area (Å²) in [7, 11) is 0. The number of thiophene rings is 1. The molecule has 0 atom stereocenters. The van der Waals surface area contributed by atoms with E-state index in [2.05, 4.69) is 26.2 Å². The highest BCUT2D eigenvalue weighted by molar-refractivity contribution is 9.11. The molecule has 0 aliphatic carbocycles. The van der Waals surface area contributed by atoms with E-state index in [1.807, 2.05) is 12.1 Å². The molecular weight excluding hydrogens is 344 g/mol. The Bertz CT molecular complexity index is 642. The number of nitrogens with one attached hydrogen (secondary N) is 1. The van der Waals surface area contributed by atoms with Crippen LogP contribution in [0.1, 0.15) is 25.7 Å². The smallest absolute Gasteiger partial charge is 0.354 e. The molecular formula is C13H11BrN2O3S. The van der Waals surface area contributed by atoms with Crippen molar-refractivity contribution in [2.24, 2.45) is 0 Å². The first kappa shape index (κ1) is 14.7. The molecule has 0 saturated heterocycles. The lowest BCUT2D eigenvalue weighted by Crippen LogP contribution is -2.25. The molecule has 1 amide bonds. The van der Waals surface area contributed by atoms with E-state index in [1.165, 1.54) is 18.3 Å². The fraction of sp³-hybridized carbons (Fsp3) is 0.154. The summed E-state index contributed by atoms with van der Waals surface area (Å²) >= 11 is 5.00. The molecule has 104 valence electrons. The Balaban J connectivity index is 1.91. The highest BCUT2D eigenvalue weighted by Gasteiger charge is 2.10. The van der Waals surface area contributed by atoms with Crippen LogP contribution in [0.15, 0.2) is 34.2 Å². The van der Waals surface area contributed by atoms with E-state index in [1.54, 1.807) is 11.3 Å². The van der Waals surface area contributed by atoms with Crippen molar-refractivity contribution in [2.45, 2.75) is 6.42 Å². The molecule has 0 saturated carbocycles. The molecule has 0 bridgehead atoms. The zero-order valence-corrected chi connectivity index (χ0v) is 12.7. The highest BCUT2D eigenvalue weighted by Crippen LogP contribution is 2.22. The Morgan fingerprint density at radius 3 is 2.80 bits per heavy atom. The van der Waals surface area contributed by atoms with Crippen LogP contribution >= 0.6 is 27.3 Å². The Hall–Kier alpha value is -1.73. The molecule has 2 rings (SSSR count). The lowest BCUT2D eigenvalue weighted by atomic mass is 10.2. The number of aromatic carboxylic acids is 1. The second-order valence-electron chi connectivity index (χ2n) is 3.95. The normalized spacial score (nSPS) is 10.2. The van der Waals surface area contributed by atoms with Gasteiger partial charge < -0.3 is 10.4 Å². The monoisotopic (exact) mass is 354 g/mol. The van der Waals surface area contributed by atoms with Crippen LogP contribution in [0.2, 0.25) is 0 Å². The lowest BCUT2D eigenvalue weighted by molar-refractivity contribution is 0.0690. The maximum atomic E-state index is 11.9. The third-order valence-electron chi connectivity index (χ3n) is 2.53. The lowest BCUT2D eigenvalue weighted by Gasteiger charge is -2.04. The number of carboxylic acid groups (broad SMARTS) is 1. The van der Waals surface area contributed by atoms with Gasteiger partial charge in [0, 0.05) is 23.2 Å². The van der Waals surface area contributed by atoms with Crippen LogP contribution in [0, 0.1) is 0 Å². The maximum absolute atomic E-state index is 11.9. The summed E-state index contributed by atoms with van der Waals surface area (Å²) < 4.78 is 1.05. The van der Waals surface area contributed by atoms with Crippen LogP contribution in [0.25, 0.3) is 0 Å². The molecule has 0 aliphatic rings. The average Bonchev–Trinajstić information content (AvgIpc) is 2.84. The predicted molar refractivity (Wildman–Crippen MR) is 79.3 cm³/mol. The number of carboxylic acids is 1. The van der Waals surface area contributed by atoms with Crippen molar-refractivity contribution >= 4 is 39.1 Å². The van der Waals surface area contributed by atoms with E-state index in [0.29, 0.717) is 12.1 Å². The van der Waals surface area contributed by atoms with Crippen LogP contribution in [-0.2, 0) is 6.42 Å². The minimum atomic E-state index is -1.15. The maximum Gasteiger partial charge on any atom is 0.354 e. The van der Waals surface area contributed by atoms with Crippen molar-refractivity contribution in [3.05, 3.63) is 50.4 Å². The quantitative estimate of drug-likeness (QED) is 0.864. The van der Waals surface area contributed by atoms with Gasteiger partial charge in [-0.25, -0.2) is 9.78 Å². The van der Waals surface area contributed by atoms with Crippen molar-refractivity contribution in [1.82, 2.24) is 10.3 Å². The molecule has 2 aromatic heterocycles. The van der Waals surface area contributed by atoms with Gasteiger partial charge in [-0.1, -0.05) is 0 Å². The number of carbonyl (C=O) groups excluding carboxylic acids is 1. The molecule has 0 unspecified atom stereocenters. The standard InChI is InChI=1S/C13H11BrN2O3S/c14-11-2-1-9(20-11)4-6-16-12(17)8-3-5-15-10(7-8)13(18)19/h1-3,5,7H,4,6H2,(H,16,17)(H,18,19). The largest absolute Gasteiger partial charge is 0.477 e. The number of halogens is 1. The predicted octanol–water partition coefficient (Wildman–Crippen LogP) is 2.58. The van der Waals surface area contributed by atoms with E-state index >= 15 is 0 Å². The molecule has 0 aliphatic heterocycles. The third-order valence-corrected chi connectivity index (χ3v) is 4.21. The molecule has 20 heavy (non-hydrogen) atoms. The van der Waals surface area contributed by atoms with Crippen molar-refractivity contribution in [2.75, 3.05) is 6.54 Å². The van der Waals surface area contributed by atoms with Crippen LogP contribution in [0.4, 0.5) is 0 Å². The molecule has 0 radical (unpaired) electrons. The first-order valence-corrected chi connectivity index (χ1v) is 7.39. The van der Waals surface area contributed by atoms with Gasteiger partial charge in [0.1, 0.15) is 5.69 Å². The van der Waals surface area contributed by atoms with Crippen molar-refractivity contribution < 1.29 is 14.7 Å². The van der Waals surface area contributed by atoms with Gasteiger partial charge in [-0.3, -0.25) is 4.79 Å². The molecule has 0 aromatic carbocycles. The summed E-state index contributed by atoms with van der Waals surface area (Å²) in [5.41, 5.74) is 0.157. The molecule has 2 aromatic rings. The van der Waals surface area contributed by atoms with E-state index in [-0.39, 0.29) is 11.6 Å². The van der Waals surface area contributed by atoms with Gasteiger partial charge in [0.15, 0.2) is 0 Å². The molecule has 2 N–H and O–H groups in total. The Labute approximate surface area is 127 Å². The van der Waals surface area contributed by atoms with Crippen LogP contribution in [0.5, 0.6) is 0 Å². The Morgan fingerprint density at radius 1 is 1.35 bits per heavy atom. The number of rotatable bonds is 5. The molecule has 2 heterocycles. The van der Waals surface area contributed by atoms with Crippen LogP contribution in [0.3, 0.4) is 0 Å². The number of carbonyl (C=O) groups is 2. The molecule has 0 fully saturated rings. The fourth-order valence-corrected chi connectivity index (χ4v) is 3.06. The summed E-state index contributed by atoms with van der Waals surface area (Å²) in [5.74, 6) is -1.45. The second-order valence-corrected chi connectivity index (χ2v) is 6.49. The second kappa shape index (κ2) is 6.62. The number of aromatic nitrogens is 1. The van der Waals surface area contributed by atoms with Gasteiger partial charge in [0.05, 0.1) is 3.79 Å². The van der Waals surface area contributed by atoms with Gasteiger partial charge >= 0.3 is 5.97 Å². The first-order chi connectivity index (χ1) is 9.56. The van der Waals surface area contributed by atoms with Gasteiger partial charge in [0.25, 0.3) is 5.91 Å². The number of hydrogen-bond acceptors (Lipinski definition) is 4. The third kappa shape index (κ3) is 3.88. The topological polar surface area (TPSA) is 79.3 Å². The van der Waals surface area contributed by atoms with Gasteiger partial charge in [-0.05, 0) is 46.6 Å². The number of hydrogen-bond donors (Lipinski definition) is 2. The Kier molecular flexibility index (Phi) is 4.86. The van der Waals surface area contributed by atoms with E-state index in [4.69, 9.17) is 5.11 Å². The van der Waals surface area contributed by atoms with E-state index in [0.717, 1.165) is 15.1 Å². The van der Waals surface area contributed by atoms with Crippen molar-refractivity contribution in [3.8, 4) is 0 Å². The van der Waals surface area contributed by atoms with Crippen molar-refractivity contribution in [3.63, 3.8) is 0 Å². The minimum absolute atomic E-state index is 0.139. The SMILES string of the molecule is O=C(NCCc1ccc(Br)s1)c1ccnc(C(=O)O)c1. The summed E-state index contributed by atoms with van der Waals surface area (Å²) in [5, 5.41) is 11.6. The van der Waals surface area contributed by atoms with Crippen LogP contribution < -0.4 is 5.32 Å². The zero-order valence-electron chi connectivity index (χ0n) is 10.3. The van der Waals surface area contributed by atoms with E-state index in [9.17, 15) is 9.59 Å². The van der Waals surface area contributed by atoms with Crippen LogP contribution in [-0.4, -0.2) is 28.5 Å². The Morgan fingerprint density at radius 2 is 2.15 bits per heavy atom. The van der Waals surface area contributed by atoms with Gasteiger partial charge in [-0.2, -0.15) is 0 Å². The first-order valence-electron chi connectivity index (χ1n) is 5.78. The average molecular weight is 355 g/mol. The number of pyridine rings is 1. The zero-order chi connectivity index (χ0) is 14.5. The minimum Gasteiger partial charge on any atom is -0.477 e. The molecule has 5 nitrogen and oxygen atoms in total. The van der Waals surface area contributed by atoms with Gasteiger partial charge in [-0.15, -0.1) is 11.3 Å². The number of amides is 1. The fourth-order valence-electron chi connectivity index (χ4n) is 1.58. The number of nitrogens with zero attached hydrogens (tertiary/aromatic N) is 1. The molecule has 0 spiro atoms. The summed E-state index contributed by atoms with van der Waals surface area (Å²) in [4.78, 5) is 27.5. The summed E-state index contributed by atoms with van der Waals surface area (Å²) in [6, 6.07) is 6.71. The van der Waals surface area contributed by atoms with Gasteiger partial charge in [0.2, 0.25) is 0 Å².